The van der Waals surface area contributed by atoms with Gasteiger partial charge in [-0.1, -0.05) is 61.6 Å². The topological polar surface area (TPSA) is 71.4 Å². The van der Waals surface area contributed by atoms with Gasteiger partial charge in [0, 0.05) is 11.1 Å². The molecule has 0 aliphatic heterocycles. The predicted octanol–water partition coefficient (Wildman–Crippen LogP) is 4.81. The van der Waals surface area contributed by atoms with Gasteiger partial charge in [-0.2, -0.15) is 5.10 Å². The molecule has 1 N–H and O–H groups in total. The molecule has 1 aliphatic carbocycles. The summed E-state index contributed by atoms with van der Waals surface area (Å²) in [5.41, 5.74) is 5.41. The molecule has 3 aromatic rings. The molecule has 0 bridgehead atoms. The number of carbonyl (C=O) groups is 2. The van der Waals surface area contributed by atoms with Gasteiger partial charge in [-0.25, -0.2) is 4.98 Å². The number of fused-ring (bicyclic) bond motifs is 2. The van der Waals surface area contributed by atoms with Crippen molar-refractivity contribution >= 4 is 44.0 Å². The summed E-state index contributed by atoms with van der Waals surface area (Å²) in [7, 11) is 0. The fourth-order valence-corrected chi connectivity index (χ4v) is 4.14. The number of thiazole rings is 1. The highest BCUT2D eigenvalue weighted by Crippen LogP contribution is 2.30. The fourth-order valence-electron chi connectivity index (χ4n) is 3.33. The molecule has 1 aliphatic rings. The zero-order valence-corrected chi connectivity index (χ0v) is 15.9. The van der Waals surface area contributed by atoms with Crippen molar-refractivity contribution in [2.75, 3.05) is 5.43 Å². The van der Waals surface area contributed by atoms with Gasteiger partial charge in [-0.3, -0.25) is 15.0 Å². The van der Waals surface area contributed by atoms with Crippen LogP contribution in [0.1, 0.15) is 41.0 Å². The molecule has 0 atom stereocenters. The number of aromatic nitrogens is 1. The maximum Gasteiger partial charge on any atom is 0.204 e. The molecule has 136 valence electrons. The number of nitrogens with zero attached hydrogens (tertiary/aromatic N) is 2. The maximum atomic E-state index is 12.8. The minimum Gasteiger partial charge on any atom is -0.293 e. The first-order chi connectivity index (χ1) is 13.0. The first kappa shape index (κ1) is 17.5. The maximum absolute atomic E-state index is 12.8. The second-order valence-corrected chi connectivity index (χ2v) is 8.04. The third-order valence-electron chi connectivity index (χ3n) is 4.52. The number of hydrazone groups is 1. The zero-order valence-electron chi connectivity index (χ0n) is 15.1. The van der Waals surface area contributed by atoms with Gasteiger partial charge in [-0.05, 0) is 24.5 Å². The Hall–Kier alpha value is -2.86. The van der Waals surface area contributed by atoms with Gasteiger partial charge in [-0.15, -0.1) is 0 Å². The van der Waals surface area contributed by atoms with Crippen LogP contribution in [-0.2, 0) is 0 Å². The minimum absolute atomic E-state index is 0.166. The average Bonchev–Trinajstić information content (AvgIpc) is 3.18. The Morgan fingerprint density at radius 3 is 2.33 bits per heavy atom. The first-order valence-corrected chi connectivity index (χ1v) is 9.71. The lowest BCUT2D eigenvalue weighted by Gasteiger charge is -2.13. The van der Waals surface area contributed by atoms with E-state index in [1.54, 1.807) is 24.3 Å². The third-order valence-corrected chi connectivity index (χ3v) is 5.46. The van der Waals surface area contributed by atoms with Crippen LogP contribution in [0.15, 0.2) is 53.6 Å². The molecule has 0 radical (unpaired) electrons. The molecule has 0 amide bonds. The quantitative estimate of drug-likeness (QED) is 0.394. The van der Waals surface area contributed by atoms with E-state index in [0.29, 0.717) is 28.4 Å². The van der Waals surface area contributed by atoms with Gasteiger partial charge >= 0.3 is 0 Å². The van der Waals surface area contributed by atoms with E-state index in [1.807, 2.05) is 38.1 Å². The third kappa shape index (κ3) is 3.28. The van der Waals surface area contributed by atoms with Crippen LogP contribution >= 0.6 is 11.3 Å². The molecule has 0 saturated carbocycles. The van der Waals surface area contributed by atoms with E-state index in [4.69, 9.17) is 0 Å². The van der Waals surface area contributed by atoms with E-state index >= 15 is 0 Å². The van der Waals surface area contributed by atoms with Crippen molar-refractivity contribution in [3.63, 3.8) is 0 Å². The molecule has 0 saturated heterocycles. The molecule has 0 spiro atoms. The molecule has 4 rings (SSSR count). The van der Waals surface area contributed by atoms with E-state index in [0.717, 1.165) is 10.2 Å². The van der Waals surface area contributed by atoms with E-state index in [2.05, 4.69) is 15.5 Å². The summed E-state index contributed by atoms with van der Waals surface area (Å²) in [4.78, 5) is 30.2. The molecule has 5 nitrogen and oxygen atoms in total. The molecule has 0 fully saturated rings. The summed E-state index contributed by atoms with van der Waals surface area (Å²) in [5, 5.41) is 5.11. The van der Waals surface area contributed by atoms with E-state index in [9.17, 15) is 9.59 Å². The highest BCUT2D eigenvalue weighted by molar-refractivity contribution is 7.22. The number of hydrogen-bond donors (Lipinski definition) is 1. The summed E-state index contributed by atoms with van der Waals surface area (Å²) in [6.07, 6.45) is 0.564. The first-order valence-electron chi connectivity index (χ1n) is 8.90. The highest BCUT2D eigenvalue weighted by atomic mass is 32.1. The fraction of sp³-hybridized carbons (Fsp3) is 0.238. The molecular formula is C21H19N3O2S. The van der Waals surface area contributed by atoms with Gasteiger partial charge in [0.25, 0.3) is 0 Å². The van der Waals surface area contributed by atoms with Crippen LogP contribution in [0.3, 0.4) is 0 Å². The summed E-state index contributed by atoms with van der Waals surface area (Å²) < 4.78 is 1.06. The van der Waals surface area contributed by atoms with Gasteiger partial charge in [0.15, 0.2) is 11.6 Å². The number of benzene rings is 2. The standard InChI is InChI=1S/C21H19N3O2S/c1-12(2)11-16(18-19(25)13-7-3-4-8-14(13)20(18)26)23-24-21-22-15-9-5-6-10-17(15)27-21/h3-10,12,18H,11H2,1-2H3,(H,22,24). The van der Waals surface area contributed by atoms with Crippen molar-refractivity contribution in [2.24, 2.45) is 16.9 Å². The Morgan fingerprint density at radius 2 is 1.70 bits per heavy atom. The molecule has 6 heteroatoms. The molecule has 1 heterocycles. The van der Waals surface area contributed by atoms with Crippen molar-refractivity contribution < 1.29 is 9.59 Å². The Balaban J connectivity index is 1.66. The summed E-state index contributed by atoms with van der Waals surface area (Å²) in [6, 6.07) is 14.8. The van der Waals surface area contributed by atoms with E-state index in [-0.39, 0.29) is 17.5 Å². The van der Waals surface area contributed by atoms with Gasteiger partial charge in [0.2, 0.25) is 5.13 Å². The van der Waals surface area contributed by atoms with Crippen molar-refractivity contribution in [1.82, 2.24) is 4.98 Å². The van der Waals surface area contributed by atoms with Gasteiger partial charge < -0.3 is 0 Å². The normalized spacial score (nSPS) is 15.0. The van der Waals surface area contributed by atoms with Crippen molar-refractivity contribution in [2.45, 2.75) is 20.3 Å². The second kappa shape index (κ2) is 7.04. The van der Waals surface area contributed by atoms with E-state index < -0.39 is 5.92 Å². The SMILES string of the molecule is CC(C)CC(=NNc1nc2ccccc2s1)C1C(=O)c2ccccc2C1=O. The Labute approximate surface area is 161 Å². The van der Waals surface area contributed by atoms with Crippen molar-refractivity contribution in [3.8, 4) is 0 Å². The Bertz CT molecular complexity index is 1000. The van der Waals surface area contributed by atoms with Crippen molar-refractivity contribution in [3.05, 3.63) is 59.7 Å². The van der Waals surface area contributed by atoms with Crippen molar-refractivity contribution in [1.29, 1.82) is 0 Å². The van der Waals surface area contributed by atoms with Crippen LogP contribution in [0, 0.1) is 11.8 Å². The summed E-state index contributed by atoms with van der Waals surface area (Å²) >= 11 is 1.49. The number of anilines is 1. The minimum atomic E-state index is -0.841. The number of Topliss-reactive ketones (excluding diaryl/α,β-unsaturated/α-hetero) is 2. The van der Waals surface area contributed by atoms with Crippen LogP contribution in [0.5, 0.6) is 0 Å². The van der Waals surface area contributed by atoms with Crippen LogP contribution in [0.4, 0.5) is 5.13 Å². The number of nitrogens with one attached hydrogen (secondary N) is 1. The van der Waals surface area contributed by atoms with E-state index in [1.165, 1.54) is 11.3 Å². The monoisotopic (exact) mass is 377 g/mol. The number of ketones is 2. The number of para-hydroxylation sites is 1. The molecule has 1 aromatic heterocycles. The number of rotatable bonds is 5. The highest BCUT2D eigenvalue weighted by Gasteiger charge is 2.41. The predicted molar refractivity (Wildman–Crippen MR) is 109 cm³/mol. The van der Waals surface area contributed by atoms with Crippen LogP contribution in [-0.4, -0.2) is 22.3 Å². The molecule has 0 unspecified atom stereocenters. The smallest absolute Gasteiger partial charge is 0.204 e. The van der Waals surface area contributed by atoms with Crippen LogP contribution in [0.25, 0.3) is 10.2 Å². The lowest BCUT2D eigenvalue weighted by Crippen LogP contribution is -2.27. The Morgan fingerprint density at radius 1 is 1.07 bits per heavy atom. The second-order valence-electron chi connectivity index (χ2n) is 7.01. The largest absolute Gasteiger partial charge is 0.293 e. The molecular weight excluding hydrogens is 358 g/mol. The Kier molecular flexibility index (Phi) is 4.58. The number of hydrogen-bond acceptors (Lipinski definition) is 6. The lowest BCUT2D eigenvalue weighted by atomic mass is 9.91. The lowest BCUT2D eigenvalue weighted by molar-refractivity contribution is 0.0882. The molecule has 27 heavy (non-hydrogen) atoms. The van der Waals surface area contributed by atoms with Crippen LogP contribution in [0.2, 0.25) is 0 Å². The van der Waals surface area contributed by atoms with Crippen LogP contribution < -0.4 is 5.43 Å². The summed E-state index contributed by atoms with van der Waals surface area (Å²) in [6.45, 7) is 4.09. The van der Waals surface area contributed by atoms with Gasteiger partial charge in [0.1, 0.15) is 5.92 Å². The number of carbonyl (C=O) groups excluding carboxylic acids is 2. The zero-order chi connectivity index (χ0) is 19.0. The van der Waals surface area contributed by atoms with Gasteiger partial charge in [0.05, 0.1) is 15.9 Å². The summed E-state index contributed by atoms with van der Waals surface area (Å²) in [5.74, 6) is -0.904. The molecule has 2 aromatic carbocycles. The average molecular weight is 377 g/mol.